The summed E-state index contributed by atoms with van der Waals surface area (Å²) in [5, 5.41) is 17.9. The molecule has 4 rings (SSSR count). The molecule has 2 aromatic heterocycles. The van der Waals surface area contributed by atoms with Crippen molar-refractivity contribution in [3.05, 3.63) is 46.2 Å². The summed E-state index contributed by atoms with van der Waals surface area (Å²) in [5.41, 5.74) is 2.39. The van der Waals surface area contributed by atoms with Gasteiger partial charge in [0.15, 0.2) is 11.5 Å². The van der Waals surface area contributed by atoms with Crippen molar-refractivity contribution in [1.82, 2.24) is 25.1 Å². The van der Waals surface area contributed by atoms with Gasteiger partial charge in [-0.25, -0.2) is 0 Å². The van der Waals surface area contributed by atoms with Gasteiger partial charge in [0.05, 0.1) is 10.7 Å². The summed E-state index contributed by atoms with van der Waals surface area (Å²) in [7, 11) is 0. The lowest BCUT2D eigenvalue weighted by molar-refractivity contribution is 0.439. The van der Waals surface area contributed by atoms with E-state index >= 15 is 0 Å². The summed E-state index contributed by atoms with van der Waals surface area (Å²) in [6, 6.07) is 9.25. The summed E-state index contributed by atoms with van der Waals surface area (Å²) in [6.45, 7) is 2.00. The lowest BCUT2D eigenvalue weighted by Gasteiger charge is -2.20. The molecule has 0 spiro atoms. The van der Waals surface area contributed by atoms with Crippen LogP contribution in [0.15, 0.2) is 30.3 Å². The zero-order chi connectivity index (χ0) is 15.8. The number of aromatic nitrogens is 4. The minimum Gasteiger partial charge on any atom is -0.317 e. The Bertz CT molecular complexity index is 855. The minimum absolute atomic E-state index is 0.384. The van der Waals surface area contributed by atoms with E-state index in [9.17, 15) is 0 Å². The van der Waals surface area contributed by atoms with Gasteiger partial charge in [-0.15, -0.1) is 10.2 Å². The number of nitrogens with one attached hydrogen (secondary N) is 1. The molecule has 1 saturated heterocycles. The average Bonchev–Trinajstić information content (AvgIpc) is 2.99. The van der Waals surface area contributed by atoms with Gasteiger partial charge < -0.3 is 5.32 Å². The molecule has 0 atom stereocenters. The predicted octanol–water partition coefficient (Wildman–Crippen LogP) is 3.57. The molecule has 1 N–H and O–H groups in total. The van der Waals surface area contributed by atoms with Crippen LogP contribution < -0.4 is 5.32 Å². The monoisotopic (exact) mass is 347 g/mol. The van der Waals surface area contributed by atoms with Crippen molar-refractivity contribution in [3.8, 4) is 11.3 Å². The second kappa shape index (κ2) is 6.07. The van der Waals surface area contributed by atoms with Crippen LogP contribution in [0.2, 0.25) is 10.0 Å². The highest BCUT2D eigenvalue weighted by Crippen LogP contribution is 2.30. The molecule has 1 aliphatic heterocycles. The number of fused-ring (bicyclic) bond motifs is 1. The van der Waals surface area contributed by atoms with E-state index < -0.39 is 0 Å². The summed E-state index contributed by atoms with van der Waals surface area (Å²) >= 11 is 12.3. The number of hydrogen-bond acceptors (Lipinski definition) is 4. The standard InChI is InChI=1S/C16H15Cl2N5/c17-11-1-2-12(13(18)9-11)14-3-4-15-20-21-16(23(15)22-14)10-5-7-19-8-6-10/h1-4,9-10,19H,5-8H2. The lowest BCUT2D eigenvalue weighted by atomic mass is 9.97. The van der Waals surface area contributed by atoms with Gasteiger partial charge in [-0.2, -0.15) is 9.61 Å². The molecule has 7 heteroatoms. The van der Waals surface area contributed by atoms with E-state index in [1.54, 1.807) is 6.07 Å². The normalized spacial score (nSPS) is 16.1. The van der Waals surface area contributed by atoms with Gasteiger partial charge in [0.2, 0.25) is 0 Å². The maximum atomic E-state index is 6.30. The first-order chi connectivity index (χ1) is 11.2. The van der Waals surface area contributed by atoms with Gasteiger partial charge in [0.1, 0.15) is 0 Å². The van der Waals surface area contributed by atoms with Crippen LogP contribution in [0.3, 0.4) is 0 Å². The second-order valence-electron chi connectivity index (χ2n) is 5.70. The lowest BCUT2D eigenvalue weighted by Crippen LogP contribution is -2.27. The molecule has 0 amide bonds. The Kier molecular flexibility index (Phi) is 3.93. The van der Waals surface area contributed by atoms with Gasteiger partial charge in [-0.1, -0.05) is 23.2 Å². The maximum absolute atomic E-state index is 6.30. The summed E-state index contributed by atoms with van der Waals surface area (Å²) in [6.07, 6.45) is 2.10. The average molecular weight is 348 g/mol. The summed E-state index contributed by atoms with van der Waals surface area (Å²) in [4.78, 5) is 0. The van der Waals surface area contributed by atoms with Crippen molar-refractivity contribution >= 4 is 28.8 Å². The molecule has 1 aliphatic rings. The van der Waals surface area contributed by atoms with Crippen molar-refractivity contribution in [2.45, 2.75) is 18.8 Å². The molecule has 118 valence electrons. The van der Waals surface area contributed by atoms with Crippen molar-refractivity contribution in [3.63, 3.8) is 0 Å². The van der Waals surface area contributed by atoms with Crippen LogP contribution in [0.4, 0.5) is 0 Å². The van der Waals surface area contributed by atoms with Crippen molar-refractivity contribution in [2.75, 3.05) is 13.1 Å². The fraction of sp³-hybridized carbons (Fsp3) is 0.312. The zero-order valence-corrected chi connectivity index (χ0v) is 13.8. The Labute approximate surface area is 143 Å². The number of halogens is 2. The van der Waals surface area contributed by atoms with Crippen molar-refractivity contribution < 1.29 is 0 Å². The smallest absolute Gasteiger partial charge is 0.177 e. The third-order valence-electron chi connectivity index (χ3n) is 4.20. The predicted molar refractivity (Wildman–Crippen MR) is 91.1 cm³/mol. The van der Waals surface area contributed by atoms with Crippen LogP contribution in [-0.2, 0) is 0 Å². The van der Waals surface area contributed by atoms with E-state index in [0.29, 0.717) is 16.0 Å². The Balaban J connectivity index is 1.80. The number of benzene rings is 1. The molecule has 0 aliphatic carbocycles. The second-order valence-corrected chi connectivity index (χ2v) is 6.54. The van der Waals surface area contributed by atoms with E-state index in [1.165, 1.54) is 0 Å². The van der Waals surface area contributed by atoms with Crippen LogP contribution in [0, 0.1) is 0 Å². The molecule has 23 heavy (non-hydrogen) atoms. The number of piperidine rings is 1. The molecule has 1 aromatic carbocycles. The summed E-state index contributed by atoms with van der Waals surface area (Å²) in [5.74, 6) is 1.31. The molecular formula is C16H15Cl2N5. The number of nitrogens with zero attached hydrogens (tertiary/aromatic N) is 4. The molecular weight excluding hydrogens is 333 g/mol. The SMILES string of the molecule is Clc1ccc(-c2ccc3nnc(C4CCNCC4)n3n2)c(Cl)c1. The van der Waals surface area contributed by atoms with Gasteiger partial charge in [-0.3, -0.25) is 0 Å². The van der Waals surface area contributed by atoms with E-state index in [2.05, 4.69) is 15.5 Å². The molecule has 0 bridgehead atoms. The van der Waals surface area contributed by atoms with Crippen LogP contribution >= 0.6 is 23.2 Å². The third-order valence-corrected chi connectivity index (χ3v) is 4.75. The molecule has 0 saturated carbocycles. The van der Waals surface area contributed by atoms with Crippen LogP contribution in [0.5, 0.6) is 0 Å². The van der Waals surface area contributed by atoms with E-state index in [1.807, 2.05) is 28.8 Å². The van der Waals surface area contributed by atoms with Crippen LogP contribution in [0.25, 0.3) is 16.9 Å². The number of rotatable bonds is 2. The Morgan fingerprint density at radius 1 is 1.04 bits per heavy atom. The summed E-state index contributed by atoms with van der Waals surface area (Å²) < 4.78 is 1.84. The first-order valence-electron chi connectivity index (χ1n) is 7.61. The molecule has 3 heterocycles. The zero-order valence-electron chi connectivity index (χ0n) is 12.3. The van der Waals surface area contributed by atoms with Crippen LogP contribution in [-0.4, -0.2) is 32.9 Å². The highest BCUT2D eigenvalue weighted by Gasteiger charge is 2.21. The van der Waals surface area contributed by atoms with Crippen molar-refractivity contribution in [1.29, 1.82) is 0 Å². The number of hydrogen-bond donors (Lipinski definition) is 1. The first kappa shape index (κ1) is 14.9. The van der Waals surface area contributed by atoms with E-state index in [0.717, 1.165) is 48.7 Å². The van der Waals surface area contributed by atoms with Gasteiger partial charge in [0, 0.05) is 16.5 Å². The van der Waals surface area contributed by atoms with Crippen molar-refractivity contribution in [2.24, 2.45) is 0 Å². The third kappa shape index (κ3) is 2.80. The fourth-order valence-corrected chi connectivity index (χ4v) is 3.49. The highest BCUT2D eigenvalue weighted by molar-refractivity contribution is 6.36. The minimum atomic E-state index is 0.384. The molecule has 0 radical (unpaired) electrons. The van der Waals surface area contributed by atoms with Gasteiger partial charge in [-0.05, 0) is 56.3 Å². The topological polar surface area (TPSA) is 55.1 Å². The van der Waals surface area contributed by atoms with Gasteiger partial charge >= 0.3 is 0 Å². The van der Waals surface area contributed by atoms with E-state index in [-0.39, 0.29) is 0 Å². The molecule has 0 unspecified atom stereocenters. The largest absolute Gasteiger partial charge is 0.317 e. The van der Waals surface area contributed by atoms with Gasteiger partial charge in [0.25, 0.3) is 0 Å². The maximum Gasteiger partial charge on any atom is 0.177 e. The first-order valence-corrected chi connectivity index (χ1v) is 8.36. The Morgan fingerprint density at radius 3 is 2.65 bits per heavy atom. The fourth-order valence-electron chi connectivity index (χ4n) is 2.98. The van der Waals surface area contributed by atoms with Crippen LogP contribution in [0.1, 0.15) is 24.6 Å². The highest BCUT2D eigenvalue weighted by atomic mass is 35.5. The molecule has 5 nitrogen and oxygen atoms in total. The molecule has 1 fully saturated rings. The quantitative estimate of drug-likeness (QED) is 0.769. The Morgan fingerprint density at radius 2 is 1.87 bits per heavy atom. The molecule has 3 aromatic rings. The Hall–Kier alpha value is -1.69. The van der Waals surface area contributed by atoms with E-state index in [4.69, 9.17) is 28.3 Å².